The van der Waals surface area contributed by atoms with Gasteiger partial charge in [0.2, 0.25) is 0 Å². The van der Waals surface area contributed by atoms with Crippen molar-refractivity contribution in [3.05, 3.63) is 58.4 Å². The van der Waals surface area contributed by atoms with Crippen molar-refractivity contribution in [2.45, 2.75) is 47.1 Å². The quantitative estimate of drug-likeness (QED) is 0.486. The Morgan fingerprint density at radius 3 is 2.39 bits per heavy atom. The molecule has 1 aromatic carbocycles. The number of hydrogen-bond donors (Lipinski definition) is 1. The first-order valence-electron chi connectivity index (χ1n) is 9.41. The molecule has 2 aromatic rings. The number of nitrogens with zero attached hydrogens (tertiary/aromatic N) is 2. The van der Waals surface area contributed by atoms with Gasteiger partial charge in [0.25, 0.3) is 11.8 Å². The lowest BCUT2D eigenvalue weighted by molar-refractivity contribution is -0.130. The normalized spacial score (nSPS) is 17.2. The molecule has 5 nitrogen and oxygen atoms in total. The SMILES string of the molecule is CC[C@@H](C)N1C(=O)/C(=C/c2cc(C)n(-c3ccc(C)cc3)c2C)C(=O)NC1=S. The van der Waals surface area contributed by atoms with Crippen molar-refractivity contribution in [2.75, 3.05) is 0 Å². The molecule has 28 heavy (non-hydrogen) atoms. The Labute approximate surface area is 171 Å². The van der Waals surface area contributed by atoms with E-state index in [0.717, 1.165) is 29.1 Å². The summed E-state index contributed by atoms with van der Waals surface area (Å²) in [6.45, 7) is 9.95. The average Bonchev–Trinajstić information content (AvgIpc) is 2.92. The molecule has 0 unspecified atom stereocenters. The molecule has 3 rings (SSSR count). The van der Waals surface area contributed by atoms with Crippen LogP contribution >= 0.6 is 12.2 Å². The van der Waals surface area contributed by atoms with Crippen LogP contribution in [0.25, 0.3) is 11.8 Å². The third kappa shape index (κ3) is 3.52. The topological polar surface area (TPSA) is 54.3 Å². The van der Waals surface area contributed by atoms with Crippen LogP contribution in [0, 0.1) is 20.8 Å². The average molecular weight is 396 g/mol. The van der Waals surface area contributed by atoms with E-state index in [9.17, 15) is 9.59 Å². The van der Waals surface area contributed by atoms with Crippen LogP contribution in [0.15, 0.2) is 35.9 Å². The highest BCUT2D eigenvalue weighted by Gasteiger charge is 2.35. The van der Waals surface area contributed by atoms with Crippen LogP contribution in [-0.4, -0.2) is 32.4 Å². The van der Waals surface area contributed by atoms with Gasteiger partial charge in [0.15, 0.2) is 5.11 Å². The second-order valence-electron chi connectivity index (χ2n) is 7.25. The van der Waals surface area contributed by atoms with Gasteiger partial charge >= 0.3 is 0 Å². The summed E-state index contributed by atoms with van der Waals surface area (Å²) < 4.78 is 2.12. The lowest BCUT2D eigenvalue weighted by Crippen LogP contribution is -2.56. The van der Waals surface area contributed by atoms with Crippen LogP contribution in [0.5, 0.6) is 0 Å². The number of aryl methyl sites for hydroxylation is 2. The van der Waals surface area contributed by atoms with Crippen molar-refractivity contribution in [3.8, 4) is 5.69 Å². The minimum Gasteiger partial charge on any atom is -0.318 e. The fraction of sp³-hybridized carbons (Fsp3) is 0.318. The molecule has 1 N–H and O–H groups in total. The largest absolute Gasteiger partial charge is 0.318 e. The molecule has 0 bridgehead atoms. The maximum Gasteiger partial charge on any atom is 0.265 e. The minimum atomic E-state index is -0.449. The number of rotatable bonds is 4. The van der Waals surface area contributed by atoms with Gasteiger partial charge in [-0.3, -0.25) is 19.8 Å². The second kappa shape index (κ2) is 7.72. The number of hydrogen-bond acceptors (Lipinski definition) is 3. The number of nitrogens with one attached hydrogen (secondary N) is 1. The molecule has 1 atom stereocenters. The third-order valence-corrected chi connectivity index (χ3v) is 5.53. The Morgan fingerprint density at radius 1 is 1.14 bits per heavy atom. The molecule has 6 heteroatoms. The molecule has 0 spiro atoms. The predicted molar refractivity (Wildman–Crippen MR) is 115 cm³/mol. The van der Waals surface area contributed by atoms with Crippen molar-refractivity contribution < 1.29 is 9.59 Å². The summed E-state index contributed by atoms with van der Waals surface area (Å²) in [5, 5.41) is 2.82. The standard InChI is InChI=1S/C22H25N3O2S/c1-6-14(3)25-21(27)19(20(26)23-22(25)28)12-17-11-15(4)24(16(17)5)18-9-7-13(2)8-10-18/h7-12,14H,6H2,1-5H3,(H,23,26,28)/b19-12+/t14-/m1/s1. The first-order valence-corrected chi connectivity index (χ1v) is 9.82. The smallest absolute Gasteiger partial charge is 0.265 e. The van der Waals surface area contributed by atoms with Crippen LogP contribution in [0.1, 0.15) is 42.8 Å². The Hall–Kier alpha value is -2.73. The van der Waals surface area contributed by atoms with Crippen LogP contribution in [0.2, 0.25) is 0 Å². The highest BCUT2D eigenvalue weighted by atomic mass is 32.1. The van der Waals surface area contributed by atoms with Gasteiger partial charge in [-0.15, -0.1) is 0 Å². The zero-order valence-corrected chi connectivity index (χ0v) is 17.7. The van der Waals surface area contributed by atoms with E-state index in [4.69, 9.17) is 12.2 Å². The van der Waals surface area contributed by atoms with Gasteiger partial charge in [-0.05, 0) is 76.2 Å². The van der Waals surface area contributed by atoms with E-state index >= 15 is 0 Å². The summed E-state index contributed by atoms with van der Waals surface area (Å²) >= 11 is 5.21. The molecule has 1 aromatic heterocycles. The molecule has 1 aliphatic rings. The molecular formula is C22H25N3O2S. The summed E-state index contributed by atoms with van der Waals surface area (Å²) in [6.07, 6.45) is 2.42. The van der Waals surface area contributed by atoms with Crippen LogP contribution in [0.3, 0.4) is 0 Å². The fourth-order valence-electron chi connectivity index (χ4n) is 3.43. The Kier molecular flexibility index (Phi) is 5.52. The zero-order valence-electron chi connectivity index (χ0n) is 16.9. The summed E-state index contributed by atoms with van der Waals surface area (Å²) in [5.41, 5.74) is 5.20. The highest BCUT2D eigenvalue weighted by molar-refractivity contribution is 7.80. The lowest BCUT2D eigenvalue weighted by Gasteiger charge is -2.33. The Balaban J connectivity index is 2.04. The summed E-state index contributed by atoms with van der Waals surface area (Å²) in [4.78, 5) is 26.9. The molecular weight excluding hydrogens is 370 g/mol. The van der Waals surface area contributed by atoms with E-state index in [1.54, 1.807) is 6.08 Å². The van der Waals surface area contributed by atoms with Gasteiger partial charge in [-0.25, -0.2) is 0 Å². The summed E-state index contributed by atoms with van der Waals surface area (Å²) in [5.74, 6) is -0.794. The third-order valence-electron chi connectivity index (χ3n) is 5.23. The van der Waals surface area contributed by atoms with Gasteiger partial charge in [0, 0.05) is 23.1 Å². The van der Waals surface area contributed by atoms with Crippen molar-refractivity contribution >= 4 is 35.2 Å². The van der Waals surface area contributed by atoms with Gasteiger partial charge in [0.05, 0.1) is 0 Å². The van der Waals surface area contributed by atoms with Crippen molar-refractivity contribution in [1.29, 1.82) is 0 Å². The summed E-state index contributed by atoms with van der Waals surface area (Å²) in [7, 11) is 0. The number of benzene rings is 1. The molecule has 1 aliphatic heterocycles. The molecule has 1 fully saturated rings. The van der Waals surface area contributed by atoms with Crippen molar-refractivity contribution in [2.24, 2.45) is 0 Å². The molecule has 146 valence electrons. The molecule has 2 amide bonds. The van der Waals surface area contributed by atoms with Gasteiger partial charge in [0.1, 0.15) is 5.57 Å². The van der Waals surface area contributed by atoms with Crippen LogP contribution in [-0.2, 0) is 9.59 Å². The van der Waals surface area contributed by atoms with Crippen molar-refractivity contribution in [3.63, 3.8) is 0 Å². The van der Waals surface area contributed by atoms with Gasteiger partial charge in [-0.1, -0.05) is 24.6 Å². The first kappa shape index (κ1) is 20.0. The minimum absolute atomic E-state index is 0.0796. The highest BCUT2D eigenvalue weighted by Crippen LogP contribution is 2.25. The fourth-order valence-corrected chi connectivity index (χ4v) is 3.79. The number of carbonyl (C=O) groups is 2. The van der Waals surface area contributed by atoms with Gasteiger partial charge in [-0.2, -0.15) is 0 Å². The van der Waals surface area contributed by atoms with Gasteiger partial charge < -0.3 is 4.57 Å². The Bertz CT molecular complexity index is 986. The molecule has 0 radical (unpaired) electrons. The van der Waals surface area contributed by atoms with E-state index in [-0.39, 0.29) is 22.6 Å². The maximum absolute atomic E-state index is 13.0. The number of thiocarbonyl (C=S) groups is 1. The monoisotopic (exact) mass is 395 g/mol. The Morgan fingerprint density at radius 2 is 1.79 bits per heavy atom. The number of carbonyl (C=O) groups excluding carboxylic acids is 2. The van der Waals surface area contributed by atoms with E-state index in [2.05, 4.69) is 41.1 Å². The second-order valence-corrected chi connectivity index (χ2v) is 7.63. The first-order chi connectivity index (χ1) is 13.2. The molecule has 0 saturated carbocycles. The number of aromatic nitrogens is 1. The lowest BCUT2D eigenvalue weighted by atomic mass is 10.1. The molecule has 2 heterocycles. The van der Waals surface area contributed by atoms with E-state index < -0.39 is 5.91 Å². The molecule has 0 aliphatic carbocycles. The van der Waals surface area contributed by atoms with Crippen LogP contribution in [0.4, 0.5) is 0 Å². The van der Waals surface area contributed by atoms with E-state index in [1.165, 1.54) is 10.5 Å². The number of amides is 2. The van der Waals surface area contributed by atoms with Crippen LogP contribution < -0.4 is 5.32 Å². The van der Waals surface area contributed by atoms with E-state index in [0.29, 0.717) is 0 Å². The maximum atomic E-state index is 13.0. The summed E-state index contributed by atoms with van der Waals surface area (Å²) in [6, 6.07) is 10.2. The predicted octanol–water partition coefficient (Wildman–Crippen LogP) is 3.83. The zero-order chi connectivity index (χ0) is 20.6. The van der Waals surface area contributed by atoms with E-state index in [1.807, 2.05) is 33.8 Å². The van der Waals surface area contributed by atoms with Crippen molar-refractivity contribution in [1.82, 2.24) is 14.8 Å². The molecule has 1 saturated heterocycles.